The number of pyridine rings is 1. The molecule has 3 heterocycles. The lowest BCUT2D eigenvalue weighted by Gasteiger charge is -2.09. The van der Waals surface area contributed by atoms with Crippen LogP contribution in [0.3, 0.4) is 0 Å². The fourth-order valence-electron chi connectivity index (χ4n) is 3.37. The van der Waals surface area contributed by atoms with Gasteiger partial charge in [-0.1, -0.05) is 33.1 Å². The molecule has 0 bridgehead atoms. The predicted molar refractivity (Wildman–Crippen MR) is 138 cm³/mol. The molecule has 2 aliphatic rings. The molecule has 2 fully saturated rings. The lowest BCUT2D eigenvalue weighted by molar-refractivity contribution is 0.391. The number of nitrogens with two attached hydrogens (primary N) is 1. The van der Waals surface area contributed by atoms with E-state index in [1.807, 2.05) is 19.2 Å². The topological polar surface area (TPSA) is 89.6 Å². The first-order valence-electron chi connectivity index (χ1n) is 12.1. The molecule has 5 rings (SSSR count). The van der Waals surface area contributed by atoms with Crippen molar-refractivity contribution in [2.45, 2.75) is 85.2 Å². The minimum Gasteiger partial charge on any atom is -0.383 e. The van der Waals surface area contributed by atoms with Crippen LogP contribution in [0, 0.1) is 12.8 Å². The second kappa shape index (κ2) is 11.7. The maximum absolute atomic E-state index is 11.0. The average molecular weight is 473 g/mol. The van der Waals surface area contributed by atoms with Gasteiger partial charge in [0.1, 0.15) is 16.3 Å². The summed E-state index contributed by atoms with van der Waals surface area (Å²) in [6.07, 6.45) is 8.79. The van der Waals surface area contributed by atoms with Crippen LogP contribution in [-0.2, 0) is 0 Å². The first kappa shape index (κ1) is 25.3. The number of nitrogens with one attached hydrogen (secondary N) is 1. The maximum atomic E-state index is 11.0. The van der Waals surface area contributed by atoms with Crippen LogP contribution in [-0.4, -0.2) is 32.7 Å². The van der Waals surface area contributed by atoms with Gasteiger partial charge in [-0.25, -0.2) is 14.4 Å². The predicted octanol–water partition coefficient (Wildman–Crippen LogP) is 6.91. The number of nitrogen functional groups attached to an aromatic ring is 1. The number of hydrogen-bond donors (Lipinski definition) is 2. The summed E-state index contributed by atoms with van der Waals surface area (Å²) in [7, 11) is 0. The van der Waals surface area contributed by atoms with Crippen LogP contribution in [0.5, 0.6) is 0 Å². The summed E-state index contributed by atoms with van der Waals surface area (Å²) in [6, 6.07) is 2.03. The Kier molecular flexibility index (Phi) is 8.95. The van der Waals surface area contributed by atoms with E-state index in [1.54, 1.807) is 11.3 Å². The van der Waals surface area contributed by atoms with E-state index in [2.05, 4.69) is 34.1 Å². The second-order valence-corrected chi connectivity index (χ2v) is 10.1. The zero-order valence-corrected chi connectivity index (χ0v) is 21.3. The van der Waals surface area contributed by atoms with Crippen molar-refractivity contribution in [1.82, 2.24) is 19.9 Å². The molecule has 3 N–H and O–H groups in total. The normalized spacial score (nSPS) is 15.0. The summed E-state index contributed by atoms with van der Waals surface area (Å²) >= 11 is 1.64. The summed E-state index contributed by atoms with van der Waals surface area (Å²) in [4.78, 5) is 18.5. The van der Waals surface area contributed by atoms with Gasteiger partial charge in [0.2, 0.25) is 5.95 Å². The molecular weight excluding hydrogens is 435 g/mol. The molecule has 0 unspecified atom stereocenters. The van der Waals surface area contributed by atoms with E-state index in [0.717, 1.165) is 44.6 Å². The Hall–Kier alpha value is -2.35. The number of thiazole rings is 1. The summed E-state index contributed by atoms with van der Waals surface area (Å²) in [6.45, 7) is 10.1. The first-order chi connectivity index (χ1) is 15.8. The van der Waals surface area contributed by atoms with E-state index in [0.29, 0.717) is 17.7 Å². The Labute approximate surface area is 200 Å². The van der Waals surface area contributed by atoms with E-state index in [1.165, 1.54) is 52.4 Å². The number of alkyl halides is 1. The van der Waals surface area contributed by atoms with Crippen molar-refractivity contribution >= 4 is 33.3 Å². The molecule has 3 aromatic rings. The zero-order chi connectivity index (χ0) is 24.0. The highest BCUT2D eigenvalue weighted by atomic mass is 32.1. The molecular formula is C25H37FN6S. The zero-order valence-electron chi connectivity index (χ0n) is 20.5. The number of rotatable bonds is 6. The van der Waals surface area contributed by atoms with Crippen molar-refractivity contribution in [2.75, 3.05) is 17.6 Å². The average Bonchev–Trinajstić information content (AvgIpc) is 3.65. The summed E-state index contributed by atoms with van der Waals surface area (Å²) in [5.41, 5.74) is 10.1. The largest absolute Gasteiger partial charge is 0.383 e. The fraction of sp³-hybridized carbons (Fsp3) is 0.600. The quantitative estimate of drug-likeness (QED) is 0.405. The molecule has 0 aromatic carbocycles. The molecule has 33 heavy (non-hydrogen) atoms. The van der Waals surface area contributed by atoms with Crippen LogP contribution >= 0.6 is 11.3 Å². The van der Waals surface area contributed by atoms with Gasteiger partial charge in [0.15, 0.2) is 0 Å². The van der Waals surface area contributed by atoms with Crippen LogP contribution < -0.4 is 11.1 Å². The Morgan fingerprint density at radius 3 is 2.39 bits per heavy atom. The third-order valence-corrected chi connectivity index (χ3v) is 6.20. The van der Waals surface area contributed by atoms with Gasteiger partial charge in [-0.2, -0.15) is 4.98 Å². The van der Waals surface area contributed by atoms with E-state index in [-0.39, 0.29) is 0 Å². The molecule has 0 radical (unpaired) electrons. The van der Waals surface area contributed by atoms with E-state index < -0.39 is 6.17 Å². The Bertz CT molecular complexity index is 1020. The van der Waals surface area contributed by atoms with Gasteiger partial charge in [0.25, 0.3) is 0 Å². The van der Waals surface area contributed by atoms with Crippen molar-refractivity contribution in [3.63, 3.8) is 0 Å². The van der Waals surface area contributed by atoms with E-state index in [4.69, 9.17) is 10.7 Å². The van der Waals surface area contributed by atoms with E-state index >= 15 is 0 Å². The minimum absolute atomic E-state index is 0.492. The molecule has 2 aliphatic carbocycles. The highest BCUT2D eigenvalue weighted by Gasteiger charge is 2.28. The van der Waals surface area contributed by atoms with Crippen LogP contribution in [0.25, 0.3) is 20.8 Å². The number of fused-ring (bicyclic) bond motifs is 1. The highest BCUT2D eigenvalue weighted by Crippen LogP contribution is 2.44. The van der Waals surface area contributed by atoms with Gasteiger partial charge in [0.05, 0.1) is 27.8 Å². The summed E-state index contributed by atoms with van der Waals surface area (Å²) in [5, 5.41) is 4.19. The smallest absolute Gasteiger partial charge is 0.224 e. The van der Waals surface area contributed by atoms with Gasteiger partial charge in [-0.05, 0) is 52.0 Å². The minimum atomic E-state index is -0.667. The number of hydrogen-bond acceptors (Lipinski definition) is 7. The number of nitrogens with zero attached hydrogens (tertiary/aromatic N) is 4. The Morgan fingerprint density at radius 1 is 1.15 bits per heavy atom. The van der Waals surface area contributed by atoms with Crippen LogP contribution in [0.1, 0.15) is 83.5 Å². The standard InChI is InChI=1S/C19H22N6S.C3H7F.C3H8/c1-10-14(17(20)25-19(23-10)22-8-6-11-2-3-11)18-24-16-13(26-18)7-9-21-15(16)12-4-5-12;1-3(2)4;1-3-2/h7,9,11-12H,2-6,8H2,1H3,(H3,20,22,23,25);3H,1-2H3;3H2,1-2H3. The number of aryl methyl sites for hydroxylation is 1. The molecule has 0 saturated heterocycles. The third kappa shape index (κ3) is 7.32. The third-order valence-electron chi connectivity index (χ3n) is 5.16. The van der Waals surface area contributed by atoms with Gasteiger partial charge >= 0.3 is 0 Å². The second-order valence-electron chi connectivity index (χ2n) is 9.11. The molecule has 0 spiro atoms. The number of anilines is 2. The van der Waals surface area contributed by atoms with Gasteiger partial charge in [-0.3, -0.25) is 4.98 Å². The van der Waals surface area contributed by atoms with Crippen LogP contribution in [0.15, 0.2) is 12.3 Å². The molecule has 0 atom stereocenters. The Morgan fingerprint density at radius 2 is 1.82 bits per heavy atom. The lowest BCUT2D eigenvalue weighted by Crippen LogP contribution is -2.09. The van der Waals surface area contributed by atoms with Gasteiger partial charge < -0.3 is 11.1 Å². The van der Waals surface area contributed by atoms with Crippen molar-refractivity contribution in [3.05, 3.63) is 23.7 Å². The molecule has 0 amide bonds. The van der Waals surface area contributed by atoms with Gasteiger partial charge in [0, 0.05) is 18.7 Å². The van der Waals surface area contributed by atoms with Crippen molar-refractivity contribution in [3.8, 4) is 10.6 Å². The molecule has 0 aliphatic heterocycles. The molecule has 3 aromatic heterocycles. The number of aromatic nitrogens is 4. The van der Waals surface area contributed by atoms with Crippen molar-refractivity contribution in [2.24, 2.45) is 5.92 Å². The maximum Gasteiger partial charge on any atom is 0.224 e. The van der Waals surface area contributed by atoms with Crippen molar-refractivity contribution in [1.29, 1.82) is 0 Å². The molecule has 8 heteroatoms. The highest BCUT2D eigenvalue weighted by molar-refractivity contribution is 7.21. The lowest BCUT2D eigenvalue weighted by atomic mass is 10.2. The SMILES string of the molecule is CC(C)F.CCC.Cc1nc(NCCC2CC2)nc(N)c1-c1nc2c(C3CC3)nccc2s1. The molecule has 2 saturated carbocycles. The molecule has 180 valence electrons. The van der Waals surface area contributed by atoms with Crippen LogP contribution in [0.4, 0.5) is 16.2 Å². The Balaban J connectivity index is 0.000000390. The summed E-state index contributed by atoms with van der Waals surface area (Å²) < 4.78 is 12.2. The summed E-state index contributed by atoms with van der Waals surface area (Å²) in [5.74, 6) is 2.57. The fourth-order valence-corrected chi connectivity index (χ4v) is 4.45. The monoisotopic (exact) mass is 472 g/mol. The first-order valence-corrected chi connectivity index (χ1v) is 12.9. The van der Waals surface area contributed by atoms with Gasteiger partial charge in [-0.15, -0.1) is 11.3 Å². The molecule has 6 nitrogen and oxygen atoms in total. The van der Waals surface area contributed by atoms with Crippen molar-refractivity contribution < 1.29 is 4.39 Å². The van der Waals surface area contributed by atoms with Crippen LogP contribution in [0.2, 0.25) is 0 Å². The number of halogens is 1. The van der Waals surface area contributed by atoms with E-state index in [9.17, 15) is 4.39 Å².